The molecule has 0 spiro atoms. The average molecular weight is 440 g/mol. The van der Waals surface area contributed by atoms with Crippen LogP contribution in [0.15, 0.2) is 78.9 Å². The lowest BCUT2D eigenvalue weighted by Crippen LogP contribution is -2.25. The van der Waals surface area contributed by atoms with Gasteiger partial charge in [-0.1, -0.05) is 61.9 Å². The summed E-state index contributed by atoms with van der Waals surface area (Å²) in [7, 11) is 0. The molecular formula is C29H29NO3. The maximum absolute atomic E-state index is 13.5. The van der Waals surface area contributed by atoms with Crippen molar-refractivity contribution in [1.82, 2.24) is 0 Å². The second-order valence-electron chi connectivity index (χ2n) is 8.54. The molecule has 1 fully saturated rings. The fourth-order valence-electron chi connectivity index (χ4n) is 4.68. The largest absolute Gasteiger partial charge is 0.465 e. The third-order valence-electron chi connectivity index (χ3n) is 6.25. The zero-order valence-electron chi connectivity index (χ0n) is 19.0. The molecule has 3 aromatic rings. The highest BCUT2D eigenvalue weighted by atomic mass is 16.7. The number of carbonyl (C=O) groups excluding carboxylic acids is 1. The van der Waals surface area contributed by atoms with E-state index in [9.17, 15) is 4.79 Å². The molecule has 3 aromatic carbocycles. The molecule has 2 heterocycles. The smallest absolute Gasteiger partial charge is 0.263 e. The lowest BCUT2D eigenvalue weighted by Gasteiger charge is -2.24. The van der Waals surface area contributed by atoms with Gasteiger partial charge in [0, 0.05) is 23.2 Å². The number of anilines is 1. The van der Waals surface area contributed by atoms with E-state index in [1.165, 1.54) is 5.57 Å². The fourth-order valence-corrected chi connectivity index (χ4v) is 4.68. The molecule has 0 aliphatic carbocycles. The van der Waals surface area contributed by atoms with Crippen LogP contribution in [0.4, 0.5) is 5.69 Å². The molecule has 0 N–H and O–H groups in total. The van der Waals surface area contributed by atoms with Crippen LogP contribution in [0.3, 0.4) is 0 Å². The first kappa shape index (κ1) is 21.5. The van der Waals surface area contributed by atoms with E-state index in [4.69, 9.17) is 9.47 Å². The van der Waals surface area contributed by atoms with Gasteiger partial charge in [0.1, 0.15) is 5.75 Å². The number of hydrogen-bond acceptors (Lipinski definition) is 3. The van der Waals surface area contributed by atoms with Crippen molar-refractivity contribution < 1.29 is 14.3 Å². The van der Waals surface area contributed by atoms with Gasteiger partial charge in [0.15, 0.2) is 6.29 Å². The van der Waals surface area contributed by atoms with E-state index in [1.807, 2.05) is 65.6 Å². The third kappa shape index (κ3) is 4.31. The van der Waals surface area contributed by atoms with Crippen molar-refractivity contribution in [1.29, 1.82) is 0 Å². The zero-order valence-corrected chi connectivity index (χ0v) is 19.0. The number of rotatable bonds is 6. The Bertz CT molecular complexity index is 1140. The highest BCUT2D eigenvalue weighted by molar-refractivity contribution is 6.25. The van der Waals surface area contributed by atoms with E-state index in [0.717, 1.165) is 72.5 Å². The molecule has 0 unspecified atom stereocenters. The second-order valence-corrected chi connectivity index (χ2v) is 8.54. The molecule has 0 radical (unpaired) electrons. The second kappa shape index (κ2) is 9.63. The van der Waals surface area contributed by atoms with Gasteiger partial charge in [0.05, 0.1) is 12.3 Å². The number of allylic oxidation sites excluding steroid dienone is 1. The molecule has 2 aliphatic heterocycles. The zero-order chi connectivity index (χ0) is 22.6. The summed E-state index contributed by atoms with van der Waals surface area (Å²) in [4.78, 5) is 15.4. The fraction of sp³-hybridized carbons (Fsp3) is 0.276. The first-order chi connectivity index (χ1) is 16.3. The molecule has 1 amide bonds. The van der Waals surface area contributed by atoms with Crippen LogP contribution in [0.2, 0.25) is 0 Å². The van der Waals surface area contributed by atoms with E-state index in [0.29, 0.717) is 0 Å². The minimum Gasteiger partial charge on any atom is -0.465 e. The predicted octanol–water partition coefficient (Wildman–Crippen LogP) is 6.92. The molecule has 4 heteroatoms. The minimum absolute atomic E-state index is 0.0230. The Morgan fingerprint density at radius 2 is 1.67 bits per heavy atom. The SMILES string of the molecule is CCC/C(=C1/c2ccccc2C(=O)N1c1ccccc1)c1ccc(O[C@@H]2CCCCO2)cc1. The van der Waals surface area contributed by atoms with Crippen LogP contribution in [-0.4, -0.2) is 18.8 Å². The van der Waals surface area contributed by atoms with E-state index < -0.39 is 0 Å². The molecule has 168 valence electrons. The van der Waals surface area contributed by atoms with Crippen LogP contribution in [0.5, 0.6) is 5.75 Å². The van der Waals surface area contributed by atoms with Crippen molar-refractivity contribution in [3.8, 4) is 5.75 Å². The Labute approximate surface area is 195 Å². The molecule has 1 saturated heterocycles. The highest BCUT2D eigenvalue weighted by Gasteiger charge is 2.35. The quantitative estimate of drug-likeness (QED) is 0.418. The van der Waals surface area contributed by atoms with Gasteiger partial charge in [0.2, 0.25) is 0 Å². The van der Waals surface area contributed by atoms with Crippen LogP contribution in [0.25, 0.3) is 11.3 Å². The van der Waals surface area contributed by atoms with Gasteiger partial charge in [-0.05, 0) is 60.7 Å². The number of para-hydroxylation sites is 1. The number of benzene rings is 3. The van der Waals surface area contributed by atoms with Gasteiger partial charge in [0.25, 0.3) is 5.91 Å². The minimum atomic E-state index is -0.161. The Morgan fingerprint density at radius 3 is 2.36 bits per heavy atom. The Morgan fingerprint density at radius 1 is 0.939 bits per heavy atom. The van der Waals surface area contributed by atoms with E-state index in [1.54, 1.807) is 0 Å². The Kier molecular flexibility index (Phi) is 6.27. The summed E-state index contributed by atoms with van der Waals surface area (Å²) in [5, 5.41) is 0. The van der Waals surface area contributed by atoms with Crippen LogP contribution in [-0.2, 0) is 4.74 Å². The molecule has 0 aromatic heterocycles. The number of hydrogen-bond donors (Lipinski definition) is 0. The summed E-state index contributed by atoms with van der Waals surface area (Å²) in [5.74, 6) is 0.837. The molecule has 5 rings (SSSR count). The molecule has 0 bridgehead atoms. The van der Waals surface area contributed by atoms with Gasteiger partial charge in [-0.15, -0.1) is 0 Å². The normalized spacial score (nSPS) is 19.4. The molecular weight excluding hydrogens is 410 g/mol. The first-order valence-electron chi connectivity index (χ1n) is 11.9. The van der Waals surface area contributed by atoms with Gasteiger partial charge >= 0.3 is 0 Å². The van der Waals surface area contributed by atoms with Crippen LogP contribution in [0.1, 0.15) is 60.5 Å². The van der Waals surface area contributed by atoms with Gasteiger partial charge in [-0.2, -0.15) is 0 Å². The number of fused-ring (bicyclic) bond motifs is 1. The van der Waals surface area contributed by atoms with E-state index in [2.05, 4.69) is 25.1 Å². The molecule has 2 aliphatic rings. The molecule has 4 nitrogen and oxygen atoms in total. The van der Waals surface area contributed by atoms with Crippen molar-refractivity contribution in [3.63, 3.8) is 0 Å². The summed E-state index contributed by atoms with van der Waals surface area (Å²) in [6.07, 6.45) is 4.85. The number of ether oxygens (including phenoxy) is 2. The number of nitrogens with zero attached hydrogens (tertiary/aromatic N) is 1. The topological polar surface area (TPSA) is 38.8 Å². The maximum Gasteiger partial charge on any atom is 0.263 e. The van der Waals surface area contributed by atoms with Crippen molar-refractivity contribution >= 4 is 22.9 Å². The summed E-state index contributed by atoms with van der Waals surface area (Å²) in [5.41, 5.74) is 5.88. The van der Waals surface area contributed by atoms with Crippen LogP contribution in [0, 0.1) is 0 Å². The summed E-state index contributed by atoms with van der Waals surface area (Å²) in [6.45, 7) is 2.94. The summed E-state index contributed by atoms with van der Waals surface area (Å²) >= 11 is 0. The lowest BCUT2D eigenvalue weighted by molar-refractivity contribution is -0.105. The van der Waals surface area contributed by atoms with Crippen molar-refractivity contribution in [2.45, 2.75) is 45.3 Å². The van der Waals surface area contributed by atoms with E-state index >= 15 is 0 Å². The lowest BCUT2D eigenvalue weighted by atomic mass is 9.95. The predicted molar refractivity (Wildman–Crippen MR) is 132 cm³/mol. The summed E-state index contributed by atoms with van der Waals surface area (Å²) < 4.78 is 11.8. The van der Waals surface area contributed by atoms with Crippen molar-refractivity contribution in [3.05, 3.63) is 95.6 Å². The van der Waals surface area contributed by atoms with Gasteiger partial charge in [-0.3, -0.25) is 9.69 Å². The van der Waals surface area contributed by atoms with Gasteiger partial charge in [-0.25, -0.2) is 0 Å². The van der Waals surface area contributed by atoms with Crippen LogP contribution >= 0.6 is 0 Å². The van der Waals surface area contributed by atoms with Crippen molar-refractivity contribution in [2.75, 3.05) is 11.5 Å². The van der Waals surface area contributed by atoms with Gasteiger partial charge < -0.3 is 9.47 Å². The monoisotopic (exact) mass is 439 g/mol. The maximum atomic E-state index is 13.5. The Balaban J connectivity index is 1.57. The first-order valence-corrected chi connectivity index (χ1v) is 11.9. The highest BCUT2D eigenvalue weighted by Crippen LogP contribution is 2.42. The molecule has 0 saturated carbocycles. The average Bonchev–Trinajstić information content (AvgIpc) is 3.16. The number of amides is 1. The third-order valence-corrected chi connectivity index (χ3v) is 6.25. The van der Waals surface area contributed by atoms with Crippen LogP contribution < -0.4 is 9.64 Å². The van der Waals surface area contributed by atoms with E-state index in [-0.39, 0.29) is 12.2 Å². The Hall–Kier alpha value is -3.37. The standard InChI is InChI=1S/C29H29NO3/c1-2-10-24(21-16-18-23(19-17-21)33-27-15-8-9-20-32-27)28-25-13-6-7-14-26(25)29(31)30(28)22-11-4-3-5-12-22/h3-7,11-14,16-19,27H,2,8-10,15,20H2,1H3/b28-24+/t27-/m1/s1. The molecule has 1 atom stereocenters. The molecule has 33 heavy (non-hydrogen) atoms. The summed E-state index contributed by atoms with van der Waals surface area (Å²) in [6, 6.07) is 26.1. The number of carbonyl (C=O) groups is 1. The van der Waals surface area contributed by atoms with Crippen molar-refractivity contribution in [2.24, 2.45) is 0 Å².